The minimum Gasteiger partial charge on any atom is -0.483 e. The number of nitrogens with zero attached hydrogens (tertiary/aromatic N) is 1. The molecule has 2 aromatic carbocycles. The van der Waals surface area contributed by atoms with Crippen LogP contribution >= 0.6 is 12.2 Å². The molecule has 0 radical (unpaired) electrons. The molecule has 5 nitrogen and oxygen atoms in total. The molecule has 0 aromatic heterocycles. The molecule has 0 aliphatic heterocycles. The van der Waals surface area contributed by atoms with Crippen molar-refractivity contribution in [3.63, 3.8) is 0 Å². The van der Waals surface area contributed by atoms with E-state index in [-0.39, 0.29) is 23.1 Å². The monoisotopic (exact) mass is 337 g/mol. The zero-order chi connectivity index (χ0) is 17.4. The summed E-state index contributed by atoms with van der Waals surface area (Å²) in [5.74, 6) is 0.180. The van der Waals surface area contributed by atoms with Crippen LogP contribution in [0.5, 0.6) is 5.75 Å². The largest absolute Gasteiger partial charge is 0.483 e. The van der Waals surface area contributed by atoms with Crippen LogP contribution in [-0.2, 0) is 4.79 Å². The summed E-state index contributed by atoms with van der Waals surface area (Å²) in [6.07, 6.45) is 1.53. The van der Waals surface area contributed by atoms with Gasteiger partial charge >= 0.3 is 0 Å². The van der Waals surface area contributed by atoms with E-state index in [9.17, 15) is 4.79 Å². The van der Waals surface area contributed by atoms with Crippen molar-refractivity contribution in [2.45, 2.75) is 0 Å². The minimum atomic E-state index is -0.283. The molecule has 0 unspecified atom stereocenters. The number of hydrogen-bond donors (Lipinski definition) is 2. The maximum absolute atomic E-state index is 11.9. The molecule has 24 heavy (non-hydrogen) atoms. The smallest absolute Gasteiger partial charge is 0.262 e. The lowest BCUT2D eigenvalue weighted by atomic mass is 10.1. The van der Waals surface area contributed by atoms with Gasteiger partial charge in [-0.25, -0.2) is 0 Å². The van der Waals surface area contributed by atoms with Crippen molar-refractivity contribution in [1.29, 1.82) is 5.26 Å². The molecule has 0 heterocycles. The zero-order valence-electron chi connectivity index (χ0n) is 12.7. The number of nitrogens with one attached hydrogen (secondary N) is 1. The van der Waals surface area contributed by atoms with Crippen LogP contribution < -0.4 is 15.8 Å². The third-order valence-corrected chi connectivity index (χ3v) is 3.24. The van der Waals surface area contributed by atoms with E-state index in [1.54, 1.807) is 36.4 Å². The summed E-state index contributed by atoms with van der Waals surface area (Å²) in [5, 5.41) is 11.8. The van der Waals surface area contributed by atoms with Crippen molar-refractivity contribution in [1.82, 2.24) is 0 Å². The van der Waals surface area contributed by atoms with Gasteiger partial charge in [-0.05, 0) is 24.3 Å². The molecule has 0 spiro atoms. The highest BCUT2D eigenvalue weighted by Crippen LogP contribution is 2.21. The first-order valence-corrected chi connectivity index (χ1v) is 7.49. The highest BCUT2D eigenvalue weighted by atomic mass is 32.1. The fraction of sp³-hybridized carbons (Fsp3) is 0.0556. The molecule has 0 saturated heterocycles. The summed E-state index contributed by atoms with van der Waals surface area (Å²) in [4.78, 5) is 11.9. The third-order valence-electron chi connectivity index (χ3n) is 3.02. The van der Waals surface area contributed by atoms with Crippen molar-refractivity contribution in [2.75, 3.05) is 11.9 Å². The number of para-hydroxylation sites is 2. The van der Waals surface area contributed by atoms with Crippen molar-refractivity contribution in [3.8, 4) is 11.8 Å². The number of nitriles is 1. The van der Waals surface area contributed by atoms with E-state index in [0.717, 1.165) is 0 Å². The molecule has 0 bridgehead atoms. The van der Waals surface area contributed by atoms with Gasteiger partial charge in [0.25, 0.3) is 5.91 Å². The van der Waals surface area contributed by atoms with Crippen LogP contribution in [-0.4, -0.2) is 17.5 Å². The lowest BCUT2D eigenvalue weighted by Gasteiger charge is -2.10. The molecule has 1 amide bonds. The van der Waals surface area contributed by atoms with Gasteiger partial charge in [0.1, 0.15) is 16.8 Å². The Morgan fingerprint density at radius 3 is 2.54 bits per heavy atom. The van der Waals surface area contributed by atoms with E-state index in [1.165, 1.54) is 6.08 Å². The Balaban J connectivity index is 2.07. The van der Waals surface area contributed by atoms with Crippen molar-refractivity contribution < 1.29 is 9.53 Å². The topological polar surface area (TPSA) is 88.1 Å². The Morgan fingerprint density at radius 2 is 1.88 bits per heavy atom. The van der Waals surface area contributed by atoms with Gasteiger partial charge in [0.2, 0.25) is 0 Å². The van der Waals surface area contributed by atoms with Gasteiger partial charge in [0.05, 0.1) is 5.57 Å². The number of hydrogen-bond acceptors (Lipinski definition) is 4. The van der Waals surface area contributed by atoms with Crippen molar-refractivity contribution in [3.05, 3.63) is 65.7 Å². The van der Waals surface area contributed by atoms with Crippen LogP contribution in [0.3, 0.4) is 0 Å². The second-order valence-electron chi connectivity index (χ2n) is 4.77. The molecule has 0 saturated carbocycles. The molecule has 120 valence electrons. The van der Waals surface area contributed by atoms with E-state index < -0.39 is 0 Å². The summed E-state index contributed by atoms with van der Waals surface area (Å²) in [7, 11) is 0. The van der Waals surface area contributed by atoms with E-state index in [4.69, 9.17) is 28.0 Å². The van der Waals surface area contributed by atoms with Crippen LogP contribution in [0.15, 0.2) is 60.2 Å². The van der Waals surface area contributed by atoms with Crippen molar-refractivity contribution >= 4 is 34.9 Å². The first-order valence-electron chi connectivity index (χ1n) is 7.08. The number of amides is 1. The predicted octanol–water partition coefficient (Wildman–Crippen LogP) is 2.90. The average Bonchev–Trinajstić information content (AvgIpc) is 2.59. The summed E-state index contributed by atoms with van der Waals surface area (Å²) in [5.41, 5.74) is 6.98. The number of carbonyl (C=O) groups is 1. The number of rotatable bonds is 6. The van der Waals surface area contributed by atoms with E-state index in [2.05, 4.69) is 5.32 Å². The number of benzene rings is 2. The lowest BCUT2D eigenvalue weighted by molar-refractivity contribution is -0.118. The summed E-state index contributed by atoms with van der Waals surface area (Å²) < 4.78 is 5.55. The minimum absolute atomic E-state index is 0.00845. The maximum atomic E-state index is 11.9. The molecule has 0 atom stereocenters. The van der Waals surface area contributed by atoms with Crippen molar-refractivity contribution in [2.24, 2.45) is 5.73 Å². The normalized spacial score (nSPS) is 10.5. The Hall–Kier alpha value is -3.17. The Kier molecular flexibility index (Phi) is 6.06. The van der Waals surface area contributed by atoms with Gasteiger partial charge < -0.3 is 15.8 Å². The molecule has 2 aromatic rings. The molecule has 0 aliphatic rings. The summed E-state index contributed by atoms with van der Waals surface area (Å²) in [6, 6.07) is 18.0. The molecular formula is C18H15N3O2S. The fourth-order valence-corrected chi connectivity index (χ4v) is 2.01. The van der Waals surface area contributed by atoms with Gasteiger partial charge in [-0.2, -0.15) is 5.26 Å². The maximum Gasteiger partial charge on any atom is 0.262 e. The molecule has 0 aliphatic carbocycles. The van der Waals surface area contributed by atoms with Crippen LogP contribution in [0.4, 0.5) is 5.69 Å². The molecule has 6 heteroatoms. The Bertz CT molecular complexity index is 811. The molecule has 2 rings (SSSR count). The van der Waals surface area contributed by atoms with Crippen LogP contribution in [0.1, 0.15) is 5.56 Å². The first-order chi connectivity index (χ1) is 11.6. The molecule has 0 fully saturated rings. The average molecular weight is 337 g/mol. The highest BCUT2D eigenvalue weighted by molar-refractivity contribution is 7.80. The fourth-order valence-electron chi connectivity index (χ4n) is 1.91. The van der Waals surface area contributed by atoms with Gasteiger partial charge in [0.15, 0.2) is 6.61 Å². The third kappa shape index (κ3) is 4.93. The van der Waals surface area contributed by atoms with E-state index >= 15 is 0 Å². The standard InChI is InChI=1S/C18H15N3O2S/c19-11-14(18(20)24)10-13-6-4-5-9-16(13)23-12-17(22)21-15-7-2-1-3-8-15/h1-10H,12H2,(H2,20,24)(H,21,22)/b14-10+. The van der Waals surface area contributed by atoms with E-state index in [0.29, 0.717) is 17.0 Å². The number of anilines is 1. The molecular weight excluding hydrogens is 322 g/mol. The van der Waals surface area contributed by atoms with E-state index in [1.807, 2.05) is 24.3 Å². The zero-order valence-corrected chi connectivity index (χ0v) is 13.5. The number of carbonyl (C=O) groups excluding carboxylic acids is 1. The number of thiocarbonyl (C=S) groups is 1. The van der Waals surface area contributed by atoms with Crippen LogP contribution in [0.25, 0.3) is 6.08 Å². The van der Waals surface area contributed by atoms with Gasteiger partial charge in [0, 0.05) is 11.3 Å². The van der Waals surface area contributed by atoms with Gasteiger partial charge in [-0.3, -0.25) is 4.79 Å². The van der Waals surface area contributed by atoms with Gasteiger partial charge in [-0.1, -0.05) is 48.6 Å². The first kappa shape index (κ1) is 17.2. The van der Waals surface area contributed by atoms with Crippen LogP contribution in [0.2, 0.25) is 0 Å². The second-order valence-corrected chi connectivity index (χ2v) is 5.21. The van der Waals surface area contributed by atoms with Gasteiger partial charge in [-0.15, -0.1) is 0 Å². The number of nitrogens with two attached hydrogens (primary N) is 1. The summed E-state index contributed by atoms with van der Waals surface area (Å²) >= 11 is 4.82. The Morgan fingerprint density at radius 1 is 1.21 bits per heavy atom. The van der Waals surface area contributed by atoms with Crippen LogP contribution in [0, 0.1) is 11.3 Å². The highest BCUT2D eigenvalue weighted by Gasteiger charge is 2.08. The second kappa shape index (κ2) is 8.46. The molecule has 3 N–H and O–H groups in total. The summed E-state index contributed by atoms with van der Waals surface area (Å²) in [6.45, 7) is -0.158. The lowest BCUT2D eigenvalue weighted by Crippen LogP contribution is -2.20. The Labute approximate surface area is 145 Å². The SMILES string of the molecule is N#C/C(=C\c1ccccc1OCC(=O)Nc1ccccc1)C(N)=S. The predicted molar refractivity (Wildman–Crippen MR) is 97.4 cm³/mol. The number of ether oxygens (including phenoxy) is 1. The quantitative estimate of drug-likeness (QED) is 0.481.